The van der Waals surface area contributed by atoms with Gasteiger partial charge in [-0.15, -0.1) is 0 Å². The van der Waals surface area contributed by atoms with Crippen LogP contribution in [0.15, 0.2) is 97.1 Å². The van der Waals surface area contributed by atoms with Gasteiger partial charge in [0.1, 0.15) is 22.6 Å². The van der Waals surface area contributed by atoms with Crippen molar-refractivity contribution >= 4 is 44.1 Å². The second-order valence-corrected chi connectivity index (χ2v) is 9.79. The van der Waals surface area contributed by atoms with Crippen LogP contribution in [0, 0.1) is 0 Å². The summed E-state index contributed by atoms with van der Waals surface area (Å²) < 4.78 is 8.12. The SMILES string of the molecule is [O]=[Cr].c1ccc2c(c1)-c1nc-2nc2[nH]c(nc3nc(nc4[nH]c(n1)c1ccccc41)-c1ccccc1-3)c1ccccc21. The number of hydrogen-bond donors (Lipinski definition) is 2. The molecule has 2 N–H and O–H groups in total. The zero-order valence-electron chi connectivity index (χ0n) is 21.7. The normalized spacial score (nSPS) is 11.5. The van der Waals surface area contributed by atoms with Crippen molar-refractivity contribution in [1.29, 1.82) is 0 Å². The van der Waals surface area contributed by atoms with Gasteiger partial charge >= 0.3 is 20.0 Å². The first-order valence-electron chi connectivity index (χ1n) is 13.2. The van der Waals surface area contributed by atoms with E-state index in [4.69, 9.17) is 33.7 Å². The molecule has 3 aromatic heterocycles. The summed E-state index contributed by atoms with van der Waals surface area (Å²) in [6.45, 7) is 0. The molecule has 8 bridgehead atoms. The van der Waals surface area contributed by atoms with Crippen molar-refractivity contribution in [3.8, 4) is 45.6 Å². The summed E-state index contributed by atoms with van der Waals surface area (Å²) in [5, 5.41) is 3.82. The molecule has 0 radical (unpaired) electrons. The zero-order valence-corrected chi connectivity index (χ0v) is 23.0. The van der Waals surface area contributed by atoms with E-state index in [0.717, 1.165) is 43.8 Å². The number of H-pyrrole nitrogens is 2. The summed E-state index contributed by atoms with van der Waals surface area (Å²) >= 11 is 1.38. The molecule has 0 unspecified atom stereocenters. The Morgan fingerprint density at radius 2 is 0.595 bits per heavy atom. The first-order chi connectivity index (χ1) is 20.8. The third kappa shape index (κ3) is 3.70. The fourth-order valence-electron chi connectivity index (χ4n) is 5.59. The van der Waals surface area contributed by atoms with Gasteiger partial charge in [-0.05, 0) is 0 Å². The maximum Gasteiger partial charge on any atom is 0.164 e. The number of aromatic amines is 2. The van der Waals surface area contributed by atoms with E-state index in [-0.39, 0.29) is 0 Å². The molecule has 0 aliphatic carbocycles. The summed E-state index contributed by atoms with van der Waals surface area (Å²) in [5.41, 5.74) is 6.45. The molecule has 0 saturated heterocycles. The van der Waals surface area contributed by atoms with Gasteiger partial charge in [-0.1, -0.05) is 97.1 Å². The Labute approximate surface area is 246 Å². The molecule has 4 aromatic carbocycles. The Morgan fingerprint density at radius 3 is 0.857 bits per heavy atom. The van der Waals surface area contributed by atoms with Crippen molar-refractivity contribution < 1.29 is 20.0 Å². The third-order valence-corrected chi connectivity index (χ3v) is 7.46. The van der Waals surface area contributed by atoms with E-state index in [1.807, 2.05) is 97.1 Å². The van der Waals surface area contributed by atoms with Crippen LogP contribution in [-0.2, 0) is 20.0 Å². The standard InChI is InChI=1S/C32H18N8.Cr.O/c1-2-10-18-17(9-1)25-33-26(18)38-28-21-13-5-6-14-22(21)30(35-28)40-32-24-16-8-7-15-23(24)31(36-32)39-29-20-12-4-3-11-19(20)27(34-29)37-25;;/h1-16H,(H2,33,34,35,36,37,38,39,40);;. The van der Waals surface area contributed by atoms with E-state index >= 15 is 0 Å². The van der Waals surface area contributed by atoms with Crippen molar-refractivity contribution in [1.82, 2.24) is 39.9 Å². The Morgan fingerprint density at radius 1 is 0.357 bits per heavy atom. The summed E-state index contributed by atoms with van der Waals surface area (Å²) in [6.07, 6.45) is 0. The van der Waals surface area contributed by atoms with E-state index in [0.29, 0.717) is 45.9 Å². The van der Waals surface area contributed by atoms with Gasteiger partial charge in [0.15, 0.2) is 23.3 Å². The van der Waals surface area contributed by atoms with Gasteiger partial charge in [0.05, 0.1) is 0 Å². The van der Waals surface area contributed by atoms with Crippen molar-refractivity contribution in [2.75, 3.05) is 0 Å². The minimum absolute atomic E-state index is 0.597. The first kappa shape index (κ1) is 24.4. The fourth-order valence-corrected chi connectivity index (χ4v) is 5.59. The van der Waals surface area contributed by atoms with Gasteiger partial charge in [-0.3, -0.25) is 0 Å². The van der Waals surface area contributed by atoms with Crippen LogP contribution in [0.1, 0.15) is 0 Å². The van der Waals surface area contributed by atoms with E-state index in [2.05, 4.69) is 9.97 Å². The number of nitrogens with zero attached hydrogens (tertiary/aromatic N) is 6. The van der Waals surface area contributed by atoms with Crippen LogP contribution < -0.4 is 0 Å². The molecule has 0 atom stereocenters. The van der Waals surface area contributed by atoms with E-state index in [9.17, 15) is 0 Å². The molecule has 198 valence electrons. The Balaban J connectivity index is 0.00000131. The summed E-state index contributed by atoms with van der Waals surface area (Å²) in [6, 6.07) is 32.2. The van der Waals surface area contributed by atoms with Crippen LogP contribution in [0.2, 0.25) is 0 Å². The average molecular weight is 583 g/mol. The van der Waals surface area contributed by atoms with Crippen molar-refractivity contribution in [2.24, 2.45) is 0 Å². The number of nitrogens with one attached hydrogen (secondary N) is 2. The molecule has 0 spiro atoms. The molecule has 0 amide bonds. The predicted molar refractivity (Wildman–Crippen MR) is 157 cm³/mol. The largest absolute Gasteiger partial charge is 0.324 e. The van der Waals surface area contributed by atoms with Crippen LogP contribution in [0.5, 0.6) is 0 Å². The third-order valence-electron chi connectivity index (χ3n) is 7.46. The second kappa shape index (κ2) is 9.59. The van der Waals surface area contributed by atoms with Gasteiger partial charge in [-0.25, -0.2) is 29.9 Å². The van der Waals surface area contributed by atoms with Crippen LogP contribution in [0.25, 0.3) is 89.7 Å². The van der Waals surface area contributed by atoms with Gasteiger partial charge in [0.25, 0.3) is 0 Å². The maximum atomic E-state index is 8.12. The van der Waals surface area contributed by atoms with Crippen molar-refractivity contribution in [3.05, 3.63) is 97.1 Å². The van der Waals surface area contributed by atoms with E-state index in [1.165, 1.54) is 16.2 Å². The zero-order chi connectivity index (χ0) is 28.2. The van der Waals surface area contributed by atoms with Crippen molar-refractivity contribution in [2.45, 2.75) is 0 Å². The molecule has 9 rings (SSSR count). The Hall–Kier alpha value is -5.43. The molecule has 5 heterocycles. The fraction of sp³-hybridized carbons (Fsp3) is 0. The van der Waals surface area contributed by atoms with Gasteiger partial charge in [0, 0.05) is 43.8 Å². The first-order valence-corrected chi connectivity index (χ1v) is 13.7. The van der Waals surface area contributed by atoms with E-state index in [1.54, 1.807) is 0 Å². The molecular weight excluding hydrogens is 564 g/mol. The monoisotopic (exact) mass is 582 g/mol. The second-order valence-electron chi connectivity index (χ2n) is 9.79. The van der Waals surface area contributed by atoms with Crippen LogP contribution in [-0.4, -0.2) is 39.9 Å². The number of fused-ring (bicyclic) bond motifs is 20. The molecule has 0 fully saturated rings. The molecule has 9 nitrogen and oxygen atoms in total. The molecule has 2 aliphatic heterocycles. The van der Waals surface area contributed by atoms with Crippen LogP contribution >= 0.6 is 0 Å². The van der Waals surface area contributed by atoms with Crippen LogP contribution in [0.3, 0.4) is 0 Å². The molecule has 0 saturated carbocycles. The maximum absolute atomic E-state index is 8.12. The Kier molecular flexibility index (Phi) is 5.57. The molecule has 7 aromatic rings. The molecule has 2 aliphatic rings. The molecule has 10 heteroatoms. The molecular formula is C32H18CrN8O. The topological polar surface area (TPSA) is 126 Å². The predicted octanol–water partition coefficient (Wildman–Crippen LogP) is 6.75. The number of aromatic nitrogens is 8. The number of benzene rings is 4. The quantitative estimate of drug-likeness (QED) is 0.203. The minimum Gasteiger partial charge on any atom is -0.324 e. The smallest absolute Gasteiger partial charge is 0.164 e. The summed E-state index contributed by atoms with van der Waals surface area (Å²) in [7, 11) is 0. The van der Waals surface area contributed by atoms with E-state index < -0.39 is 0 Å². The average Bonchev–Trinajstić information content (AvgIpc) is 3.78. The Bertz CT molecular complexity index is 2060. The van der Waals surface area contributed by atoms with Crippen molar-refractivity contribution in [3.63, 3.8) is 0 Å². The van der Waals surface area contributed by atoms with Crippen LogP contribution in [0.4, 0.5) is 0 Å². The number of rotatable bonds is 0. The van der Waals surface area contributed by atoms with Gasteiger partial charge in [-0.2, -0.15) is 0 Å². The molecule has 42 heavy (non-hydrogen) atoms. The summed E-state index contributed by atoms with van der Waals surface area (Å²) in [5.74, 6) is 2.39. The minimum atomic E-state index is 0.597. The summed E-state index contributed by atoms with van der Waals surface area (Å²) in [4.78, 5) is 36.8. The van der Waals surface area contributed by atoms with Gasteiger partial charge < -0.3 is 9.97 Å². The number of hydrogen-bond acceptors (Lipinski definition) is 7. The van der Waals surface area contributed by atoms with Gasteiger partial charge in [0.2, 0.25) is 0 Å².